The highest BCUT2D eigenvalue weighted by Crippen LogP contribution is 2.21. The van der Waals surface area contributed by atoms with Crippen molar-refractivity contribution in [2.45, 2.75) is 13.0 Å². The van der Waals surface area contributed by atoms with Crippen LogP contribution < -0.4 is 4.90 Å². The minimum atomic E-state index is -0.747. The van der Waals surface area contributed by atoms with E-state index in [1.807, 2.05) is 37.1 Å². The van der Waals surface area contributed by atoms with Crippen LogP contribution in [0.25, 0.3) is 11.4 Å². The first-order valence-corrected chi connectivity index (χ1v) is 7.93. The molecule has 0 saturated carbocycles. The van der Waals surface area contributed by atoms with Crippen LogP contribution in [-0.2, 0) is 0 Å². The Morgan fingerprint density at radius 3 is 2.60 bits per heavy atom. The average molecular weight is 338 g/mol. The summed E-state index contributed by atoms with van der Waals surface area (Å²) in [6.07, 6.45) is 2.67. The summed E-state index contributed by atoms with van der Waals surface area (Å²) in [4.78, 5) is 15.0. The maximum absolute atomic E-state index is 13.0. The molecule has 2 aromatic heterocycles. The molecule has 1 aromatic carbocycles. The van der Waals surface area contributed by atoms with Gasteiger partial charge in [0.15, 0.2) is 5.82 Å². The molecule has 0 aliphatic rings. The molecule has 0 fully saturated rings. The Labute approximate surface area is 145 Å². The smallest absolute Gasteiger partial charge is 0.163 e. The lowest BCUT2D eigenvalue weighted by atomic mass is 10.1. The number of aryl methyl sites for hydroxylation is 1. The highest BCUT2D eigenvalue weighted by atomic mass is 19.1. The summed E-state index contributed by atoms with van der Waals surface area (Å²) in [5, 5.41) is 10.4. The average Bonchev–Trinajstić information content (AvgIpc) is 2.62. The van der Waals surface area contributed by atoms with Crippen molar-refractivity contribution in [2.24, 2.45) is 0 Å². The molecule has 0 aliphatic carbocycles. The minimum absolute atomic E-state index is 0.322. The fraction of sp³-hybridized carbons (Fsp3) is 0.211. The van der Waals surface area contributed by atoms with E-state index in [4.69, 9.17) is 0 Å². The van der Waals surface area contributed by atoms with Crippen molar-refractivity contribution in [1.82, 2.24) is 15.0 Å². The molecule has 0 bridgehead atoms. The number of hydrogen-bond donors (Lipinski definition) is 1. The van der Waals surface area contributed by atoms with E-state index < -0.39 is 6.10 Å². The molecule has 0 radical (unpaired) electrons. The minimum Gasteiger partial charge on any atom is -0.387 e. The maximum atomic E-state index is 13.0. The van der Waals surface area contributed by atoms with Crippen LogP contribution in [0.3, 0.4) is 0 Å². The van der Waals surface area contributed by atoms with Crippen molar-refractivity contribution < 1.29 is 9.50 Å². The molecule has 5 nitrogen and oxygen atoms in total. The van der Waals surface area contributed by atoms with Gasteiger partial charge in [0.1, 0.15) is 11.6 Å². The van der Waals surface area contributed by atoms with E-state index in [1.54, 1.807) is 24.5 Å². The third-order valence-corrected chi connectivity index (χ3v) is 3.85. The zero-order chi connectivity index (χ0) is 17.8. The van der Waals surface area contributed by atoms with Gasteiger partial charge in [-0.25, -0.2) is 14.4 Å². The number of likely N-dealkylation sites (N-methyl/N-ethyl adjacent to an activating group) is 1. The Morgan fingerprint density at radius 1 is 1.16 bits per heavy atom. The fourth-order valence-electron chi connectivity index (χ4n) is 2.51. The van der Waals surface area contributed by atoms with E-state index >= 15 is 0 Å². The second kappa shape index (κ2) is 7.36. The highest BCUT2D eigenvalue weighted by molar-refractivity contribution is 5.56. The lowest BCUT2D eigenvalue weighted by Gasteiger charge is -2.22. The summed E-state index contributed by atoms with van der Waals surface area (Å²) in [7, 11) is 1.85. The highest BCUT2D eigenvalue weighted by Gasteiger charge is 2.14. The molecule has 0 amide bonds. The van der Waals surface area contributed by atoms with Crippen LogP contribution in [-0.4, -0.2) is 33.7 Å². The van der Waals surface area contributed by atoms with Crippen molar-refractivity contribution >= 4 is 5.82 Å². The summed E-state index contributed by atoms with van der Waals surface area (Å²) in [5.74, 6) is 0.968. The Hall–Kier alpha value is -2.86. The fourth-order valence-corrected chi connectivity index (χ4v) is 2.51. The normalized spacial score (nSPS) is 12.0. The van der Waals surface area contributed by atoms with E-state index in [2.05, 4.69) is 15.0 Å². The van der Waals surface area contributed by atoms with Gasteiger partial charge in [-0.05, 0) is 36.8 Å². The SMILES string of the molecule is Cc1cc(N(C)C[C@@H](O)c2ccc(F)cc2)nc(-c2cccnc2)n1. The summed E-state index contributed by atoms with van der Waals surface area (Å²) in [6.45, 7) is 2.23. The number of halogens is 1. The summed E-state index contributed by atoms with van der Waals surface area (Å²) in [6, 6.07) is 11.4. The van der Waals surface area contributed by atoms with Gasteiger partial charge in [-0.15, -0.1) is 0 Å². The quantitative estimate of drug-likeness (QED) is 0.774. The number of nitrogens with zero attached hydrogens (tertiary/aromatic N) is 4. The van der Waals surface area contributed by atoms with Crippen LogP contribution in [0.4, 0.5) is 10.2 Å². The third-order valence-electron chi connectivity index (χ3n) is 3.85. The monoisotopic (exact) mass is 338 g/mol. The Kier molecular flexibility index (Phi) is 5.00. The first-order valence-electron chi connectivity index (χ1n) is 7.93. The third kappa shape index (κ3) is 4.16. The second-order valence-electron chi connectivity index (χ2n) is 5.88. The topological polar surface area (TPSA) is 62.1 Å². The molecule has 1 N–H and O–H groups in total. The molecule has 3 rings (SSSR count). The summed E-state index contributed by atoms with van der Waals surface area (Å²) in [5.41, 5.74) is 2.32. The van der Waals surface area contributed by atoms with Crippen molar-refractivity contribution in [3.05, 3.63) is 71.9 Å². The van der Waals surface area contributed by atoms with Crippen molar-refractivity contribution in [3.8, 4) is 11.4 Å². The van der Waals surface area contributed by atoms with Crippen LogP contribution in [0.5, 0.6) is 0 Å². The lowest BCUT2D eigenvalue weighted by molar-refractivity contribution is 0.184. The van der Waals surface area contributed by atoms with E-state index in [0.29, 0.717) is 23.8 Å². The van der Waals surface area contributed by atoms with Crippen molar-refractivity contribution in [1.29, 1.82) is 0 Å². The molecular formula is C19H19FN4O. The molecule has 0 saturated heterocycles. The Balaban J connectivity index is 1.81. The maximum Gasteiger partial charge on any atom is 0.163 e. The van der Waals surface area contributed by atoms with E-state index in [-0.39, 0.29) is 5.82 Å². The Morgan fingerprint density at radius 2 is 1.92 bits per heavy atom. The van der Waals surface area contributed by atoms with Gasteiger partial charge in [-0.3, -0.25) is 4.98 Å². The number of pyridine rings is 1. The summed E-state index contributed by atoms with van der Waals surface area (Å²) < 4.78 is 13.0. The largest absolute Gasteiger partial charge is 0.387 e. The number of aromatic nitrogens is 3. The first-order chi connectivity index (χ1) is 12.0. The van der Waals surface area contributed by atoms with Gasteiger partial charge in [0.2, 0.25) is 0 Å². The zero-order valence-electron chi connectivity index (χ0n) is 14.1. The van der Waals surface area contributed by atoms with Gasteiger partial charge >= 0.3 is 0 Å². The van der Waals surface area contributed by atoms with Gasteiger partial charge in [0.25, 0.3) is 0 Å². The number of benzene rings is 1. The molecule has 3 aromatic rings. The van der Waals surface area contributed by atoms with E-state index in [9.17, 15) is 9.50 Å². The lowest BCUT2D eigenvalue weighted by Crippen LogP contribution is -2.25. The van der Waals surface area contributed by atoms with Gasteiger partial charge in [-0.1, -0.05) is 12.1 Å². The van der Waals surface area contributed by atoms with Gasteiger partial charge in [0.05, 0.1) is 6.10 Å². The van der Waals surface area contributed by atoms with Crippen molar-refractivity contribution in [3.63, 3.8) is 0 Å². The van der Waals surface area contributed by atoms with Crippen LogP contribution in [0.2, 0.25) is 0 Å². The second-order valence-corrected chi connectivity index (χ2v) is 5.88. The predicted molar refractivity (Wildman–Crippen MR) is 94.6 cm³/mol. The molecule has 2 heterocycles. The molecule has 0 unspecified atom stereocenters. The van der Waals surface area contributed by atoms with Gasteiger partial charge in [0, 0.05) is 43.3 Å². The summed E-state index contributed by atoms with van der Waals surface area (Å²) >= 11 is 0. The van der Waals surface area contributed by atoms with Crippen LogP contribution in [0.1, 0.15) is 17.4 Å². The molecule has 6 heteroatoms. The van der Waals surface area contributed by atoms with Crippen LogP contribution >= 0.6 is 0 Å². The number of aliphatic hydroxyl groups excluding tert-OH is 1. The number of rotatable bonds is 5. The van der Waals surface area contributed by atoms with Crippen LogP contribution in [0.15, 0.2) is 54.9 Å². The van der Waals surface area contributed by atoms with Gasteiger partial charge in [-0.2, -0.15) is 0 Å². The van der Waals surface area contributed by atoms with Crippen LogP contribution in [0, 0.1) is 12.7 Å². The van der Waals surface area contributed by atoms with Crippen molar-refractivity contribution in [2.75, 3.05) is 18.5 Å². The number of aliphatic hydroxyl groups is 1. The molecule has 0 spiro atoms. The molecule has 128 valence electrons. The number of hydrogen-bond acceptors (Lipinski definition) is 5. The molecular weight excluding hydrogens is 319 g/mol. The standard InChI is InChI=1S/C19H19FN4O/c1-13-10-18(23-19(22-13)15-4-3-9-21-11-15)24(2)12-17(25)14-5-7-16(20)8-6-14/h3-11,17,25H,12H2,1-2H3/t17-/m1/s1. The molecule has 25 heavy (non-hydrogen) atoms. The first kappa shape index (κ1) is 17.0. The number of anilines is 1. The van der Waals surface area contributed by atoms with Gasteiger partial charge < -0.3 is 10.0 Å². The zero-order valence-corrected chi connectivity index (χ0v) is 14.1. The predicted octanol–water partition coefficient (Wildman–Crippen LogP) is 3.16. The molecule has 1 atom stereocenters. The Bertz CT molecular complexity index is 840. The van der Waals surface area contributed by atoms with E-state index in [1.165, 1.54) is 12.1 Å². The molecule has 0 aliphatic heterocycles. The van der Waals surface area contributed by atoms with E-state index in [0.717, 1.165) is 11.3 Å².